The number of rotatable bonds is 6. The summed E-state index contributed by atoms with van der Waals surface area (Å²) in [6.07, 6.45) is 8.73. The van der Waals surface area contributed by atoms with Gasteiger partial charge in [0.1, 0.15) is 0 Å². The minimum Gasteiger partial charge on any atom is -0.372 e. The molecule has 2 aromatic carbocycles. The lowest BCUT2D eigenvalue weighted by atomic mass is 10.2. The van der Waals surface area contributed by atoms with E-state index < -0.39 is 9.84 Å². The normalized spacial score (nSPS) is 14.0. The molecule has 1 aliphatic heterocycles. The minimum atomic E-state index is -3.63. The summed E-state index contributed by atoms with van der Waals surface area (Å²) >= 11 is 0. The number of hydrogen-bond acceptors (Lipinski definition) is 6. The van der Waals surface area contributed by atoms with Gasteiger partial charge in [-0.25, -0.2) is 18.4 Å². The Kier molecular flexibility index (Phi) is 5.55. The molecule has 5 rings (SSSR count). The van der Waals surface area contributed by atoms with Crippen molar-refractivity contribution in [3.8, 4) is 0 Å². The summed E-state index contributed by atoms with van der Waals surface area (Å²) in [6, 6.07) is 13.7. The van der Waals surface area contributed by atoms with Crippen LogP contribution in [0.25, 0.3) is 5.78 Å². The van der Waals surface area contributed by atoms with E-state index in [2.05, 4.69) is 20.2 Å². The van der Waals surface area contributed by atoms with Gasteiger partial charge in [-0.2, -0.15) is 0 Å². The van der Waals surface area contributed by atoms with Gasteiger partial charge in [0.25, 0.3) is 5.91 Å². The van der Waals surface area contributed by atoms with Crippen molar-refractivity contribution >= 4 is 27.2 Å². The number of carbonyl (C=O) groups excluding carboxylic acids is 1. The second-order valence-corrected chi connectivity index (χ2v) is 9.95. The first-order valence-corrected chi connectivity index (χ1v) is 12.2. The number of hydrogen-bond donors (Lipinski definition) is 1. The fourth-order valence-electron chi connectivity index (χ4n) is 3.96. The highest BCUT2D eigenvalue weighted by molar-refractivity contribution is 7.91. The molecule has 3 heterocycles. The van der Waals surface area contributed by atoms with E-state index in [1.54, 1.807) is 65.5 Å². The van der Waals surface area contributed by atoms with Crippen molar-refractivity contribution in [2.75, 3.05) is 18.0 Å². The van der Waals surface area contributed by atoms with E-state index in [1.807, 2.05) is 6.07 Å². The zero-order valence-corrected chi connectivity index (χ0v) is 18.7. The van der Waals surface area contributed by atoms with Crippen LogP contribution in [-0.4, -0.2) is 41.8 Å². The van der Waals surface area contributed by atoms with Gasteiger partial charge in [-0.3, -0.25) is 9.20 Å². The number of nitrogens with one attached hydrogen (secondary N) is 1. The molecule has 0 unspecified atom stereocenters. The Morgan fingerprint density at radius 3 is 2.58 bits per heavy atom. The van der Waals surface area contributed by atoms with Gasteiger partial charge in [0.15, 0.2) is 0 Å². The van der Waals surface area contributed by atoms with Gasteiger partial charge < -0.3 is 10.2 Å². The summed E-state index contributed by atoms with van der Waals surface area (Å²) in [5, 5.41) is 2.83. The molecule has 1 N–H and O–H groups in total. The number of imidazole rings is 1. The van der Waals surface area contributed by atoms with Gasteiger partial charge in [-0.05, 0) is 48.7 Å². The van der Waals surface area contributed by atoms with Crippen LogP contribution in [0.2, 0.25) is 0 Å². The van der Waals surface area contributed by atoms with Crippen molar-refractivity contribution in [3.05, 3.63) is 84.4 Å². The Labute approximate surface area is 191 Å². The smallest absolute Gasteiger partial charge is 0.254 e. The molecule has 4 aromatic rings. The zero-order chi connectivity index (χ0) is 22.8. The van der Waals surface area contributed by atoms with Gasteiger partial charge >= 0.3 is 0 Å². The molecule has 0 atom stereocenters. The quantitative estimate of drug-likeness (QED) is 0.474. The fraction of sp³-hybridized carbons (Fsp3) is 0.208. The first-order valence-electron chi connectivity index (χ1n) is 10.8. The number of carbonyl (C=O) groups is 1. The van der Waals surface area contributed by atoms with E-state index in [9.17, 15) is 13.2 Å². The van der Waals surface area contributed by atoms with Crippen molar-refractivity contribution in [1.29, 1.82) is 0 Å². The topological polar surface area (TPSA) is 96.7 Å². The number of benzene rings is 2. The molecule has 0 aliphatic carbocycles. The summed E-state index contributed by atoms with van der Waals surface area (Å²) in [7, 11) is -3.63. The molecule has 0 saturated carbocycles. The Balaban J connectivity index is 1.27. The molecule has 1 saturated heterocycles. The molecule has 0 spiro atoms. The van der Waals surface area contributed by atoms with Gasteiger partial charge in [-0.15, -0.1) is 0 Å². The minimum absolute atomic E-state index is 0.228. The molecule has 0 radical (unpaired) electrons. The maximum Gasteiger partial charge on any atom is 0.254 e. The van der Waals surface area contributed by atoms with Crippen LogP contribution in [0.3, 0.4) is 0 Å². The largest absolute Gasteiger partial charge is 0.372 e. The number of anilines is 1. The van der Waals surface area contributed by atoms with Crippen molar-refractivity contribution in [1.82, 2.24) is 19.7 Å². The number of amides is 1. The Hall–Kier alpha value is -3.72. The molecule has 1 amide bonds. The first kappa shape index (κ1) is 21.1. The van der Waals surface area contributed by atoms with E-state index in [1.165, 1.54) is 6.20 Å². The number of aromatic nitrogens is 3. The van der Waals surface area contributed by atoms with Crippen molar-refractivity contribution in [2.45, 2.75) is 29.2 Å². The van der Waals surface area contributed by atoms with Crippen molar-refractivity contribution in [2.24, 2.45) is 0 Å². The first-order chi connectivity index (χ1) is 16.0. The average Bonchev–Trinajstić information content (AvgIpc) is 3.55. The van der Waals surface area contributed by atoms with Crippen LogP contribution in [0, 0.1) is 0 Å². The van der Waals surface area contributed by atoms with Crippen LogP contribution >= 0.6 is 0 Å². The second kappa shape index (κ2) is 8.67. The van der Waals surface area contributed by atoms with Crippen LogP contribution in [0.15, 0.2) is 83.1 Å². The van der Waals surface area contributed by atoms with Crippen LogP contribution < -0.4 is 10.2 Å². The van der Waals surface area contributed by atoms with Crippen molar-refractivity contribution < 1.29 is 13.2 Å². The fourth-order valence-corrected chi connectivity index (χ4v) is 5.26. The maximum atomic E-state index is 13.1. The number of nitrogens with zero attached hydrogens (tertiary/aromatic N) is 4. The summed E-state index contributed by atoms with van der Waals surface area (Å²) in [5.41, 5.74) is 2.15. The predicted octanol–water partition coefficient (Wildman–Crippen LogP) is 3.09. The molecule has 1 aliphatic rings. The molecular weight excluding hydrogens is 438 g/mol. The van der Waals surface area contributed by atoms with Gasteiger partial charge in [0.2, 0.25) is 15.6 Å². The van der Waals surface area contributed by atoms with Gasteiger partial charge in [0, 0.05) is 50.1 Å². The highest BCUT2D eigenvalue weighted by atomic mass is 32.2. The standard InChI is InChI=1S/C24H23N5O3S/c30-23(19-16-27-24-25-10-13-29(24)17-19)26-15-18-6-8-21(9-7-18)33(31,32)22-5-3-4-20(14-22)28-11-1-2-12-28/h3-10,13-14,16-17H,1-2,11-12,15H2,(H,26,30). The zero-order valence-electron chi connectivity index (χ0n) is 17.9. The van der Waals surface area contributed by atoms with E-state index in [0.29, 0.717) is 11.3 Å². The highest BCUT2D eigenvalue weighted by Crippen LogP contribution is 2.27. The van der Waals surface area contributed by atoms with Crippen LogP contribution in [-0.2, 0) is 16.4 Å². The summed E-state index contributed by atoms with van der Waals surface area (Å²) in [6.45, 7) is 2.18. The lowest BCUT2D eigenvalue weighted by molar-refractivity contribution is 0.0950. The Morgan fingerprint density at radius 1 is 1.00 bits per heavy atom. The van der Waals surface area contributed by atoms with E-state index in [4.69, 9.17) is 0 Å². The lowest BCUT2D eigenvalue weighted by Gasteiger charge is -2.18. The summed E-state index contributed by atoms with van der Waals surface area (Å²) in [4.78, 5) is 23.4. The molecule has 1 fully saturated rings. The molecule has 33 heavy (non-hydrogen) atoms. The number of fused-ring (bicyclic) bond motifs is 1. The maximum absolute atomic E-state index is 13.1. The Bertz CT molecular complexity index is 1410. The van der Waals surface area contributed by atoms with E-state index in [0.717, 1.165) is 37.2 Å². The molecule has 0 bridgehead atoms. The number of sulfone groups is 1. The molecular formula is C24H23N5O3S. The van der Waals surface area contributed by atoms with Gasteiger partial charge in [0.05, 0.1) is 15.4 Å². The molecule has 168 valence electrons. The van der Waals surface area contributed by atoms with E-state index >= 15 is 0 Å². The third-order valence-corrected chi connectivity index (χ3v) is 7.56. The Morgan fingerprint density at radius 2 is 1.79 bits per heavy atom. The van der Waals surface area contributed by atoms with Crippen LogP contribution in [0.1, 0.15) is 28.8 Å². The third-order valence-electron chi connectivity index (χ3n) is 5.79. The van der Waals surface area contributed by atoms with Crippen LogP contribution in [0.5, 0.6) is 0 Å². The second-order valence-electron chi connectivity index (χ2n) is 8.00. The summed E-state index contributed by atoms with van der Waals surface area (Å²) in [5.74, 6) is 0.253. The SMILES string of the molecule is O=C(NCc1ccc(S(=O)(=O)c2cccc(N3CCCC3)c2)cc1)c1cnc2nccn2c1. The molecule has 9 heteroatoms. The van der Waals surface area contributed by atoms with Crippen LogP contribution in [0.4, 0.5) is 5.69 Å². The lowest BCUT2D eigenvalue weighted by Crippen LogP contribution is -2.23. The van der Waals surface area contributed by atoms with Gasteiger partial charge in [-0.1, -0.05) is 18.2 Å². The molecule has 2 aromatic heterocycles. The monoisotopic (exact) mass is 461 g/mol. The van der Waals surface area contributed by atoms with Crippen molar-refractivity contribution in [3.63, 3.8) is 0 Å². The van der Waals surface area contributed by atoms with E-state index in [-0.39, 0.29) is 22.2 Å². The average molecular weight is 462 g/mol. The molecule has 8 nitrogen and oxygen atoms in total. The third kappa shape index (κ3) is 4.31. The summed E-state index contributed by atoms with van der Waals surface area (Å²) < 4.78 is 28.0. The predicted molar refractivity (Wildman–Crippen MR) is 124 cm³/mol. The highest BCUT2D eigenvalue weighted by Gasteiger charge is 2.20.